The van der Waals surface area contributed by atoms with Crippen molar-refractivity contribution in [3.63, 3.8) is 0 Å². The van der Waals surface area contributed by atoms with Crippen molar-refractivity contribution in [3.05, 3.63) is 18.2 Å². The standard InChI is InChI=1S/C14H18N2OS/c1-3-17-10-5-6-11-12(9-10)18-13(15-11)16-14(2)7-4-8-14/h5-6,9H,3-4,7-8H2,1-2H3,(H,15,16). The monoisotopic (exact) mass is 262 g/mol. The van der Waals surface area contributed by atoms with E-state index in [0.29, 0.717) is 6.61 Å². The minimum Gasteiger partial charge on any atom is -0.494 e. The summed E-state index contributed by atoms with van der Waals surface area (Å²) in [7, 11) is 0. The Labute approximate surface area is 111 Å². The van der Waals surface area contributed by atoms with Crippen LogP contribution in [0.15, 0.2) is 18.2 Å². The summed E-state index contributed by atoms with van der Waals surface area (Å²) in [5.74, 6) is 0.926. The Hall–Kier alpha value is -1.29. The van der Waals surface area contributed by atoms with Crippen molar-refractivity contribution in [1.82, 2.24) is 4.98 Å². The summed E-state index contributed by atoms with van der Waals surface area (Å²) in [5.41, 5.74) is 1.31. The number of aromatic nitrogens is 1. The fraction of sp³-hybridized carbons (Fsp3) is 0.500. The molecule has 0 aliphatic heterocycles. The maximum Gasteiger partial charge on any atom is 0.184 e. The number of fused-ring (bicyclic) bond motifs is 1. The summed E-state index contributed by atoms with van der Waals surface area (Å²) in [6, 6.07) is 6.09. The van der Waals surface area contributed by atoms with Gasteiger partial charge < -0.3 is 10.1 Å². The minimum atomic E-state index is 0.261. The van der Waals surface area contributed by atoms with Crippen LogP contribution in [-0.2, 0) is 0 Å². The van der Waals surface area contributed by atoms with Gasteiger partial charge in [-0.1, -0.05) is 11.3 Å². The molecule has 1 aromatic carbocycles. The molecule has 1 aliphatic rings. The van der Waals surface area contributed by atoms with Gasteiger partial charge in [0.1, 0.15) is 5.75 Å². The van der Waals surface area contributed by atoms with Crippen LogP contribution in [0.5, 0.6) is 5.75 Å². The number of nitrogens with one attached hydrogen (secondary N) is 1. The van der Waals surface area contributed by atoms with E-state index in [9.17, 15) is 0 Å². The van der Waals surface area contributed by atoms with E-state index in [1.165, 1.54) is 24.0 Å². The average molecular weight is 262 g/mol. The van der Waals surface area contributed by atoms with E-state index in [1.54, 1.807) is 11.3 Å². The fourth-order valence-electron chi connectivity index (χ4n) is 2.31. The van der Waals surface area contributed by atoms with Crippen LogP contribution in [0, 0.1) is 0 Å². The molecule has 0 unspecified atom stereocenters. The molecule has 1 heterocycles. The highest BCUT2D eigenvalue weighted by Crippen LogP contribution is 2.37. The number of ether oxygens (including phenoxy) is 1. The van der Waals surface area contributed by atoms with Crippen LogP contribution in [-0.4, -0.2) is 17.1 Å². The Kier molecular flexibility index (Phi) is 2.90. The van der Waals surface area contributed by atoms with Crippen molar-refractivity contribution < 1.29 is 4.74 Å². The number of benzene rings is 1. The third-order valence-electron chi connectivity index (χ3n) is 3.54. The van der Waals surface area contributed by atoms with Gasteiger partial charge in [-0.05, 0) is 51.3 Å². The van der Waals surface area contributed by atoms with Gasteiger partial charge >= 0.3 is 0 Å². The molecule has 1 N–H and O–H groups in total. The van der Waals surface area contributed by atoms with E-state index < -0.39 is 0 Å². The van der Waals surface area contributed by atoms with Crippen LogP contribution in [0.3, 0.4) is 0 Å². The van der Waals surface area contributed by atoms with Crippen molar-refractivity contribution in [1.29, 1.82) is 0 Å². The predicted octanol–water partition coefficient (Wildman–Crippen LogP) is 4.05. The third kappa shape index (κ3) is 2.17. The first-order valence-corrected chi connectivity index (χ1v) is 7.32. The first kappa shape index (κ1) is 11.8. The number of anilines is 1. The fourth-order valence-corrected chi connectivity index (χ4v) is 3.35. The lowest BCUT2D eigenvalue weighted by molar-refractivity contribution is 0.306. The largest absolute Gasteiger partial charge is 0.494 e. The van der Waals surface area contributed by atoms with Crippen LogP contribution in [0.25, 0.3) is 10.2 Å². The van der Waals surface area contributed by atoms with Gasteiger partial charge in [0.25, 0.3) is 0 Å². The molecule has 0 atom stereocenters. The highest BCUT2D eigenvalue weighted by molar-refractivity contribution is 7.22. The van der Waals surface area contributed by atoms with Crippen LogP contribution >= 0.6 is 11.3 Å². The molecule has 2 aromatic rings. The van der Waals surface area contributed by atoms with Gasteiger partial charge in [0.15, 0.2) is 5.13 Å². The Bertz CT molecular complexity index is 560. The van der Waals surface area contributed by atoms with Crippen molar-refractivity contribution in [3.8, 4) is 5.75 Å². The number of hydrogen-bond donors (Lipinski definition) is 1. The first-order valence-electron chi connectivity index (χ1n) is 6.50. The molecule has 3 rings (SSSR count). The normalized spacial score (nSPS) is 17.4. The first-order chi connectivity index (χ1) is 8.68. The van der Waals surface area contributed by atoms with Crippen molar-refractivity contribution in [2.24, 2.45) is 0 Å². The second-order valence-electron chi connectivity index (χ2n) is 5.12. The number of hydrogen-bond acceptors (Lipinski definition) is 4. The zero-order chi connectivity index (χ0) is 12.6. The molecule has 0 radical (unpaired) electrons. The number of rotatable bonds is 4. The van der Waals surface area contributed by atoms with Gasteiger partial charge in [0.05, 0.1) is 16.8 Å². The molecular weight excluding hydrogens is 244 g/mol. The van der Waals surface area contributed by atoms with E-state index >= 15 is 0 Å². The molecular formula is C14H18N2OS. The van der Waals surface area contributed by atoms with Gasteiger partial charge in [0.2, 0.25) is 0 Å². The lowest BCUT2D eigenvalue weighted by atomic mass is 9.79. The molecule has 0 saturated heterocycles. The summed E-state index contributed by atoms with van der Waals surface area (Å²) < 4.78 is 6.70. The Morgan fingerprint density at radius 1 is 1.44 bits per heavy atom. The maximum atomic E-state index is 5.51. The van der Waals surface area contributed by atoms with Crippen LogP contribution in [0.1, 0.15) is 33.1 Å². The lowest BCUT2D eigenvalue weighted by Gasteiger charge is -2.39. The van der Waals surface area contributed by atoms with Gasteiger partial charge in [-0.2, -0.15) is 0 Å². The molecule has 18 heavy (non-hydrogen) atoms. The quantitative estimate of drug-likeness (QED) is 0.902. The summed E-state index contributed by atoms with van der Waals surface area (Å²) >= 11 is 1.71. The van der Waals surface area contributed by atoms with Crippen molar-refractivity contribution in [2.45, 2.75) is 38.6 Å². The summed E-state index contributed by atoms with van der Waals surface area (Å²) in [6.07, 6.45) is 3.81. The molecule has 0 spiro atoms. The van der Waals surface area contributed by atoms with Gasteiger partial charge in [-0.25, -0.2) is 4.98 Å². The van der Waals surface area contributed by atoms with Crippen molar-refractivity contribution >= 4 is 26.7 Å². The van der Waals surface area contributed by atoms with Gasteiger partial charge in [0, 0.05) is 5.54 Å². The second kappa shape index (κ2) is 4.43. The average Bonchev–Trinajstić information content (AvgIpc) is 2.69. The van der Waals surface area contributed by atoms with Crippen LogP contribution in [0.4, 0.5) is 5.13 Å². The molecule has 0 amide bonds. The molecule has 0 bridgehead atoms. The maximum absolute atomic E-state index is 5.51. The highest BCUT2D eigenvalue weighted by Gasteiger charge is 2.32. The van der Waals surface area contributed by atoms with E-state index in [4.69, 9.17) is 4.74 Å². The number of nitrogens with zero attached hydrogens (tertiary/aromatic N) is 1. The molecule has 1 saturated carbocycles. The van der Waals surface area contributed by atoms with E-state index in [0.717, 1.165) is 16.4 Å². The predicted molar refractivity (Wildman–Crippen MR) is 76.7 cm³/mol. The third-order valence-corrected chi connectivity index (χ3v) is 4.47. The SMILES string of the molecule is CCOc1ccc2nc(NC3(C)CCC3)sc2c1. The second-order valence-corrected chi connectivity index (χ2v) is 6.15. The van der Waals surface area contributed by atoms with E-state index in [2.05, 4.69) is 23.3 Å². The summed E-state index contributed by atoms with van der Waals surface area (Å²) in [6.45, 7) is 4.98. The van der Waals surface area contributed by atoms with Crippen LogP contribution < -0.4 is 10.1 Å². The zero-order valence-electron chi connectivity index (χ0n) is 10.8. The molecule has 96 valence electrons. The molecule has 1 fully saturated rings. The van der Waals surface area contributed by atoms with Gasteiger partial charge in [-0.15, -0.1) is 0 Å². The number of thiazole rings is 1. The smallest absolute Gasteiger partial charge is 0.184 e. The Morgan fingerprint density at radius 3 is 2.94 bits per heavy atom. The van der Waals surface area contributed by atoms with E-state index in [1.807, 2.05) is 19.1 Å². The van der Waals surface area contributed by atoms with Crippen molar-refractivity contribution in [2.75, 3.05) is 11.9 Å². The Balaban J connectivity index is 1.86. The molecule has 1 aliphatic carbocycles. The molecule has 1 aromatic heterocycles. The zero-order valence-corrected chi connectivity index (χ0v) is 11.6. The Morgan fingerprint density at radius 2 is 2.28 bits per heavy atom. The summed E-state index contributed by atoms with van der Waals surface area (Å²) in [4.78, 5) is 4.63. The van der Waals surface area contributed by atoms with Crippen LogP contribution in [0.2, 0.25) is 0 Å². The molecule has 3 nitrogen and oxygen atoms in total. The lowest BCUT2D eigenvalue weighted by Crippen LogP contribution is -2.41. The highest BCUT2D eigenvalue weighted by atomic mass is 32.1. The van der Waals surface area contributed by atoms with E-state index in [-0.39, 0.29) is 5.54 Å². The topological polar surface area (TPSA) is 34.1 Å². The van der Waals surface area contributed by atoms with Gasteiger partial charge in [-0.3, -0.25) is 0 Å². The summed E-state index contributed by atoms with van der Waals surface area (Å²) in [5, 5.41) is 4.59. The molecule has 4 heteroatoms. The minimum absolute atomic E-state index is 0.261.